The number of carbonyl (C=O) groups is 1. The summed E-state index contributed by atoms with van der Waals surface area (Å²) in [6, 6.07) is 9.77. The Kier molecular flexibility index (Phi) is 4.30. The Hall–Kier alpha value is -1.53. The van der Waals surface area contributed by atoms with Crippen molar-refractivity contribution in [2.45, 2.75) is 45.3 Å². The van der Waals surface area contributed by atoms with E-state index in [4.69, 9.17) is 9.31 Å². The molecule has 0 atom stereocenters. The third kappa shape index (κ3) is 3.39. The van der Waals surface area contributed by atoms with Gasteiger partial charge in [-0.3, -0.25) is 4.81 Å². The number of rotatable bonds is 4. The van der Waals surface area contributed by atoms with Crippen LogP contribution >= 0.6 is 0 Å². The summed E-state index contributed by atoms with van der Waals surface area (Å²) in [5, 5.41) is 9.42. The maximum Gasteiger partial charge on any atom is 0.599 e. The first kappa shape index (κ1) is 15.9. The van der Waals surface area contributed by atoms with Gasteiger partial charge in [0.2, 0.25) is 0 Å². The van der Waals surface area contributed by atoms with Crippen LogP contribution < -0.4 is 0 Å². The molecule has 0 unspecified atom stereocenters. The molecular formula is C15H22BNO4. The largest absolute Gasteiger partial charge is 0.599 e. The number of carboxylic acid groups (broad SMARTS) is 1. The third-order valence-electron chi connectivity index (χ3n) is 4.23. The number of benzene rings is 1. The average Bonchev–Trinajstić information content (AvgIpc) is 2.59. The second-order valence-electron chi connectivity index (χ2n) is 6.27. The van der Waals surface area contributed by atoms with E-state index in [1.54, 1.807) is 0 Å². The van der Waals surface area contributed by atoms with Gasteiger partial charge in [-0.15, -0.1) is 0 Å². The molecule has 1 aliphatic rings. The monoisotopic (exact) mass is 291 g/mol. The Morgan fingerprint density at radius 2 is 1.67 bits per heavy atom. The van der Waals surface area contributed by atoms with E-state index in [0.29, 0.717) is 13.0 Å². The molecule has 0 aliphatic carbocycles. The molecule has 1 aromatic rings. The van der Waals surface area contributed by atoms with E-state index in [-0.39, 0.29) is 0 Å². The van der Waals surface area contributed by atoms with Crippen LogP contribution in [0.4, 0.5) is 4.79 Å². The van der Waals surface area contributed by atoms with Gasteiger partial charge in [-0.25, -0.2) is 4.79 Å². The molecule has 0 radical (unpaired) electrons. The third-order valence-corrected chi connectivity index (χ3v) is 4.23. The Balaban J connectivity index is 2.05. The van der Waals surface area contributed by atoms with E-state index in [1.807, 2.05) is 58.0 Å². The van der Waals surface area contributed by atoms with E-state index < -0.39 is 24.5 Å². The first-order valence-corrected chi connectivity index (χ1v) is 7.12. The normalized spacial score (nSPS) is 19.5. The van der Waals surface area contributed by atoms with Crippen LogP contribution in [-0.2, 0) is 15.7 Å². The minimum absolute atomic E-state index is 0.330. The maximum atomic E-state index is 11.5. The van der Waals surface area contributed by atoms with E-state index in [0.717, 1.165) is 5.56 Å². The molecule has 0 bridgehead atoms. The fraction of sp³-hybridized carbons (Fsp3) is 0.533. The lowest BCUT2D eigenvalue weighted by Crippen LogP contribution is -2.46. The van der Waals surface area contributed by atoms with Crippen LogP contribution in [0.15, 0.2) is 30.3 Å². The van der Waals surface area contributed by atoms with Gasteiger partial charge in [0, 0.05) is 6.54 Å². The van der Waals surface area contributed by atoms with Crippen LogP contribution in [0, 0.1) is 0 Å². The number of amides is 1. The van der Waals surface area contributed by atoms with E-state index in [1.165, 1.54) is 4.81 Å². The molecule has 1 heterocycles. The van der Waals surface area contributed by atoms with E-state index in [2.05, 4.69) is 0 Å². The van der Waals surface area contributed by atoms with Gasteiger partial charge in [-0.1, -0.05) is 30.3 Å². The standard InChI is InChI=1S/C15H22BNO4/c1-14(2)15(3,4)21-16(20-14)17(13(18)19)11-10-12-8-6-5-7-9-12/h5-9H,10-11H2,1-4H3,(H,18,19). The highest BCUT2D eigenvalue weighted by atomic mass is 16.7. The van der Waals surface area contributed by atoms with Gasteiger partial charge in [0.1, 0.15) is 0 Å². The first-order chi connectivity index (χ1) is 9.73. The van der Waals surface area contributed by atoms with Crippen molar-refractivity contribution in [3.8, 4) is 0 Å². The summed E-state index contributed by atoms with van der Waals surface area (Å²) in [6.45, 7) is 7.96. The van der Waals surface area contributed by atoms with Crippen molar-refractivity contribution in [3.05, 3.63) is 35.9 Å². The lowest BCUT2D eigenvalue weighted by Gasteiger charge is -2.32. The van der Waals surface area contributed by atoms with E-state index >= 15 is 0 Å². The molecule has 5 nitrogen and oxygen atoms in total. The zero-order chi connectivity index (χ0) is 15.7. The molecule has 1 amide bonds. The van der Waals surface area contributed by atoms with Crippen molar-refractivity contribution in [1.29, 1.82) is 0 Å². The zero-order valence-electron chi connectivity index (χ0n) is 13.0. The predicted octanol–water partition coefficient (Wildman–Crippen LogP) is 2.80. The Morgan fingerprint density at radius 1 is 1.14 bits per heavy atom. The Bertz CT molecular complexity index is 488. The average molecular weight is 291 g/mol. The first-order valence-electron chi connectivity index (χ1n) is 7.12. The minimum atomic E-state index is -1.04. The number of hydrogen-bond donors (Lipinski definition) is 1. The molecule has 6 heteroatoms. The topological polar surface area (TPSA) is 59.0 Å². The van der Waals surface area contributed by atoms with Gasteiger partial charge in [0.25, 0.3) is 0 Å². The smallest absolute Gasteiger partial charge is 0.466 e. The molecule has 2 rings (SSSR count). The molecule has 0 spiro atoms. The molecule has 0 saturated carbocycles. The molecule has 1 aliphatic heterocycles. The summed E-state index contributed by atoms with van der Waals surface area (Å²) in [5.74, 6) is 0. The molecule has 114 valence electrons. The molecule has 0 aromatic heterocycles. The van der Waals surface area contributed by atoms with Crippen molar-refractivity contribution in [1.82, 2.24) is 4.81 Å². The fourth-order valence-electron chi connectivity index (χ4n) is 2.12. The predicted molar refractivity (Wildman–Crippen MR) is 81.0 cm³/mol. The SMILES string of the molecule is CC1(C)OB(N(CCc2ccccc2)C(=O)O)OC1(C)C. The highest BCUT2D eigenvalue weighted by molar-refractivity contribution is 6.45. The molecule has 1 fully saturated rings. The summed E-state index contributed by atoms with van der Waals surface area (Å²) in [6.07, 6.45) is -0.415. The summed E-state index contributed by atoms with van der Waals surface area (Å²) in [5.41, 5.74) is -0.00350. The second kappa shape index (κ2) is 5.69. The highest BCUT2D eigenvalue weighted by Gasteiger charge is 2.55. The fourth-order valence-corrected chi connectivity index (χ4v) is 2.12. The van der Waals surface area contributed by atoms with Gasteiger partial charge < -0.3 is 14.4 Å². The van der Waals surface area contributed by atoms with Crippen molar-refractivity contribution in [3.63, 3.8) is 0 Å². The van der Waals surface area contributed by atoms with Gasteiger partial charge >= 0.3 is 13.3 Å². The second-order valence-corrected chi connectivity index (χ2v) is 6.27. The number of hydrogen-bond acceptors (Lipinski definition) is 3. The van der Waals surface area contributed by atoms with Gasteiger partial charge in [0.15, 0.2) is 0 Å². The zero-order valence-corrected chi connectivity index (χ0v) is 13.0. The van der Waals surface area contributed by atoms with E-state index in [9.17, 15) is 9.90 Å². The van der Waals surface area contributed by atoms with Crippen LogP contribution in [-0.4, -0.2) is 41.0 Å². The summed E-state index contributed by atoms with van der Waals surface area (Å²) in [4.78, 5) is 12.7. The van der Waals surface area contributed by atoms with Crippen LogP contribution in [0.3, 0.4) is 0 Å². The molecular weight excluding hydrogens is 269 g/mol. The van der Waals surface area contributed by atoms with Gasteiger partial charge in [-0.2, -0.15) is 0 Å². The van der Waals surface area contributed by atoms with Crippen molar-refractivity contribution < 1.29 is 19.2 Å². The van der Waals surface area contributed by atoms with Gasteiger partial charge in [0.05, 0.1) is 11.2 Å². The summed E-state index contributed by atoms with van der Waals surface area (Å²) in [7, 11) is -0.865. The Morgan fingerprint density at radius 3 is 2.14 bits per heavy atom. The lowest BCUT2D eigenvalue weighted by molar-refractivity contribution is 0.00578. The van der Waals surface area contributed by atoms with Crippen LogP contribution in [0.5, 0.6) is 0 Å². The minimum Gasteiger partial charge on any atom is -0.466 e. The summed E-state index contributed by atoms with van der Waals surface area (Å²) < 4.78 is 11.6. The molecule has 1 N–H and O–H groups in total. The van der Waals surface area contributed by atoms with Crippen LogP contribution in [0.1, 0.15) is 33.3 Å². The highest BCUT2D eigenvalue weighted by Crippen LogP contribution is 2.37. The lowest BCUT2D eigenvalue weighted by atomic mass is 9.90. The van der Waals surface area contributed by atoms with Crippen molar-refractivity contribution >= 4 is 13.3 Å². The van der Waals surface area contributed by atoms with Crippen molar-refractivity contribution in [2.24, 2.45) is 0 Å². The number of nitrogens with zero attached hydrogens (tertiary/aromatic N) is 1. The molecule has 1 aromatic carbocycles. The maximum absolute atomic E-state index is 11.5. The van der Waals surface area contributed by atoms with Crippen LogP contribution in [0.25, 0.3) is 0 Å². The quantitative estimate of drug-likeness (QED) is 0.867. The van der Waals surface area contributed by atoms with Gasteiger partial charge in [-0.05, 0) is 39.7 Å². The summed E-state index contributed by atoms with van der Waals surface area (Å²) >= 11 is 0. The van der Waals surface area contributed by atoms with Crippen molar-refractivity contribution in [2.75, 3.05) is 6.54 Å². The molecule has 21 heavy (non-hydrogen) atoms. The molecule has 1 saturated heterocycles. The van der Waals surface area contributed by atoms with Crippen LogP contribution in [0.2, 0.25) is 0 Å². The Labute approximate surface area is 126 Å².